The van der Waals surface area contributed by atoms with Gasteiger partial charge in [-0.1, -0.05) is 18.2 Å². The Labute approximate surface area is 169 Å². The summed E-state index contributed by atoms with van der Waals surface area (Å²) in [4.78, 5) is 7.14. The summed E-state index contributed by atoms with van der Waals surface area (Å²) in [6.07, 6.45) is 5.86. The van der Waals surface area contributed by atoms with Gasteiger partial charge in [0.05, 0.1) is 12.7 Å². The molecule has 1 atom stereocenters. The van der Waals surface area contributed by atoms with Crippen LogP contribution in [0.15, 0.2) is 35.3 Å². The number of benzene rings is 1. The average molecular weight is 390 g/mol. The maximum absolute atomic E-state index is 6.10. The lowest BCUT2D eigenvalue weighted by atomic mass is 10.1. The van der Waals surface area contributed by atoms with Crippen LogP contribution in [0.5, 0.6) is 5.75 Å². The van der Waals surface area contributed by atoms with Crippen molar-refractivity contribution in [3.05, 3.63) is 30.3 Å². The van der Waals surface area contributed by atoms with Crippen LogP contribution in [-0.2, 0) is 9.47 Å². The van der Waals surface area contributed by atoms with E-state index in [2.05, 4.69) is 17.1 Å². The fraction of sp³-hybridized carbons (Fsp3) is 0.682. The number of nitrogens with zero attached hydrogens (tertiary/aromatic N) is 2. The Morgan fingerprint density at radius 2 is 2.04 bits per heavy atom. The third kappa shape index (κ3) is 6.99. The predicted molar refractivity (Wildman–Crippen MR) is 112 cm³/mol. The Morgan fingerprint density at radius 3 is 2.75 bits per heavy atom. The van der Waals surface area contributed by atoms with E-state index in [4.69, 9.17) is 19.2 Å². The lowest BCUT2D eigenvalue weighted by Gasteiger charge is -2.34. The highest BCUT2D eigenvalue weighted by atomic mass is 16.5. The van der Waals surface area contributed by atoms with Gasteiger partial charge in [0.1, 0.15) is 11.9 Å². The van der Waals surface area contributed by atoms with Gasteiger partial charge in [0.15, 0.2) is 5.96 Å². The first-order valence-corrected chi connectivity index (χ1v) is 10.8. The van der Waals surface area contributed by atoms with Crippen molar-refractivity contribution in [2.24, 2.45) is 4.99 Å². The fourth-order valence-corrected chi connectivity index (χ4v) is 3.64. The highest BCUT2D eigenvalue weighted by Crippen LogP contribution is 2.18. The van der Waals surface area contributed by atoms with Crippen LogP contribution in [0.3, 0.4) is 0 Å². The number of piperidine rings is 1. The summed E-state index contributed by atoms with van der Waals surface area (Å²) in [5.74, 6) is 1.98. The molecule has 2 aliphatic heterocycles. The monoisotopic (exact) mass is 389 g/mol. The number of guanidine groups is 1. The third-order valence-electron chi connectivity index (χ3n) is 5.16. The molecule has 2 fully saturated rings. The van der Waals surface area contributed by atoms with Crippen LogP contribution in [0.4, 0.5) is 0 Å². The predicted octanol–water partition coefficient (Wildman–Crippen LogP) is 3.08. The zero-order valence-corrected chi connectivity index (χ0v) is 17.1. The second kappa shape index (κ2) is 11.9. The minimum absolute atomic E-state index is 0.285. The van der Waals surface area contributed by atoms with Crippen molar-refractivity contribution in [3.63, 3.8) is 0 Å². The average Bonchev–Trinajstić information content (AvgIpc) is 3.25. The van der Waals surface area contributed by atoms with Crippen LogP contribution in [-0.4, -0.2) is 69.1 Å². The van der Waals surface area contributed by atoms with Gasteiger partial charge in [-0.2, -0.15) is 0 Å². The second-order valence-corrected chi connectivity index (χ2v) is 7.42. The van der Waals surface area contributed by atoms with Gasteiger partial charge in [0.2, 0.25) is 0 Å². The minimum Gasteiger partial charge on any atom is -0.490 e. The van der Waals surface area contributed by atoms with Crippen molar-refractivity contribution in [1.82, 2.24) is 10.2 Å². The molecule has 2 heterocycles. The van der Waals surface area contributed by atoms with Crippen molar-refractivity contribution >= 4 is 5.96 Å². The molecule has 0 bridgehead atoms. The number of hydrogen-bond donors (Lipinski definition) is 1. The molecule has 0 aliphatic carbocycles. The Hall–Kier alpha value is -1.79. The maximum Gasteiger partial charge on any atom is 0.193 e. The molecule has 0 saturated carbocycles. The van der Waals surface area contributed by atoms with Gasteiger partial charge in [-0.25, -0.2) is 0 Å². The zero-order chi connectivity index (χ0) is 19.4. The number of likely N-dealkylation sites (tertiary alicyclic amines) is 1. The summed E-state index contributed by atoms with van der Waals surface area (Å²) in [5, 5.41) is 3.43. The standard InChI is InChI=1S/C22H35N3O3/c1-2-23-22(24-13-7-16-26-18-21-10-6-17-27-21)25-14-11-20(12-15-25)28-19-8-4-3-5-9-19/h3-5,8-9,20-21H,2,6-7,10-18H2,1H3,(H,23,24). The van der Waals surface area contributed by atoms with E-state index >= 15 is 0 Å². The van der Waals surface area contributed by atoms with Crippen LogP contribution in [0.25, 0.3) is 0 Å². The first kappa shape index (κ1) is 20.9. The molecular formula is C22H35N3O3. The summed E-state index contributed by atoms with van der Waals surface area (Å²) in [5.41, 5.74) is 0. The molecular weight excluding hydrogens is 354 g/mol. The number of nitrogens with one attached hydrogen (secondary N) is 1. The first-order valence-electron chi connectivity index (χ1n) is 10.8. The minimum atomic E-state index is 0.285. The summed E-state index contributed by atoms with van der Waals surface area (Å²) >= 11 is 0. The summed E-state index contributed by atoms with van der Waals surface area (Å²) in [7, 11) is 0. The van der Waals surface area contributed by atoms with Crippen molar-refractivity contribution in [2.45, 2.75) is 51.2 Å². The van der Waals surface area contributed by atoms with Gasteiger partial charge >= 0.3 is 0 Å². The molecule has 1 N–H and O–H groups in total. The van der Waals surface area contributed by atoms with Crippen LogP contribution >= 0.6 is 0 Å². The molecule has 0 radical (unpaired) electrons. The van der Waals surface area contributed by atoms with Gasteiger partial charge in [-0.05, 0) is 38.3 Å². The van der Waals surface area contributed by atoms with E-state index in [0.717, 1.165) is 89.8 Å². The number of rotatable bonds is 9. The SMILES string of the molecule is CCNC(=NCCCOCC1CCCO1)N1CCC(Oc2ccccc2)CC1. The van der Waals surface area contributed by atoms with Gasteiger partial charge in [-0.15, -0.1) is 0 Å². The van der Waals surface area contributed by atoms with E-state index in [9.17, 15) is 0 Å². The quantitative estimate of drug-likeness (QED) is 0.400. The van der Waals surface area contributed by atoms with Gasteiger partial charge < -0.3 is 24.4 Å². The van der Waals surface area contributed by atoms with Gasteiger partial charge in [0, 0.05) is 52.2 Å². The number of hydrogen-bond acceptors (Lipinski definition) is 4. The maximum atomic E-state index is 6.10. The Bertz CT molecular complexity index is 568. The Morgan fingerprint density at radius 1 is 1.21 bits per heavy atom. The third-order valence-corrected chi connectivity index (χ3v) is 5.16. The van der Waals surface area contributed by atoms with Crippen molar-refractivity contribution in [3.8, 4) is 5.75 Å². The van der Waals surface area contributed by atoms with E-state index < -0.39 is 0 Å². The van der Waals surface area contributed by atoms with Crippen LogP contribution in [0.1, 0.15) is 39.0 Å². The number of ether oxygens (including phenoxy) is 3. The molecule has 2 aliphatic rings. The molecule has 6 nitrogen and oxygen atoms in total. The topological polar surface area (TPSA) is 55.3 Å². The fourth-order valence-electron chi connectivity index (χ4n) is 3.64. The molecule has 1 aromatic carbocycles. The molecule has 0 amide bonds. The molecule has 0 spiro atoms. The molecule has 0 aromatic heterocycles. The summed E-state index contributed by atoms with van der Waals surface area (Å²) in [6.45, 7) is 8.08. The van der Waals surface area contributed by atoms with Crippen LogP contribution < -0.4 is 10.1 Å². The normalized spacial score (nSPS) is 21.1. The van der Waals surface area contributed by atoms with Crippen molar-refractivity contribution in [1.29, 1.82) is 0 Å². The molecule has 156 valence electrons. The lowest BCUT2D eigenvalue weighted by Crippen LogP contribution is -2.47. The van der Waals surface area contributed by atoms with Gasteiger partial charge in [0.25, 0.3) is 0 Å². The summed E-state index contributed by atoms with van der Waals surface area (Å²) in [6, 6.07) is 10.1. The molecule has 3 rings (SSSR count). The molecule has 28 heavy (non-hydrogen) atoms. The number of aliphatic imine (C=N–C) groups is 1. The second-order valence-electron chi connectivity index (χ2n) is 7.42. The smallest absolute Gasteiger partial charge is 0.193 e. The highest BCUT2D eigenvalue weighted by molar-refractivity contribution is 5.80. The Balaban J connectivity index is 1.35. The van der Waals surface area contributed by atoms with E-state index in [1.165, 1.54) is 0 Å². The lowest BCUT2D eigenvalue weighted by molar-refractivity contribution is 0.0170. The molecule has 6 heteroatoms. The molecule has 2 saturated heterocycles. The number of para-hydroxylation sites is 1. The summed E-state index contributed by atoms with van der Waals surface area (Å²) < 4.78 is 17.4. The largest absolute Gasteiger partial charge is 0.490 e. The van der Waals surface area contributed by atoms with Crippen LogP contribution in [0, 0.1) is 0 Å². The van der Waals surface area contributed by atoms with E-state index in [0.29, 0.717) is 6.10 Å². The molecule has 1 unspecified atom stereocenters. The highest BCUT2D eigenvalue weighted by Gasteiger charge is 2.22. The zero-order valence-electron chi connectivity index (χ0n) is 17.1. The van der Waals surface area contributed by atoms with E-state index in [1.54, 1.807) is 0 Å². The van der Waals surface area contributed by atoms with Gasteiger partial charge in [-0.3, -0.25) is 4.99 Å². The van der Waals surface area contributed by atoms with Crippen LogP contribution in [0.2, 0.25) is 0 Å². The van der Waals surface area contributed by atoms with Crippen molar-refractivity contribution in [2.75, 3.05) is 46.0 Å². The molecule has 1 aromatic rings. The van der Waals surface area contributed by atoms with E-state index in [-0.39, 0.29) is 6.10 Å². The Kier molecular flexibility index (Phi) is 8.91. The van der Waals surface area contributed by atoms with Crippen molar-refractivity contribution < 1.29 is 14.2 Å². The first-order chi connectivity index (χ1) is 13.8. The van der Waals surface area contributed by atoms with E-state index in [1.807, 2.05) is 30.3 Å².